The lowest BCUT2D eigenvalue weighted by molar-refractivity contribution is -0.112. The number of hydrogen-bond acceptors (Lipinski definition) is 4. The van der Waals surface area contributed by atoms with Gasteiger partial charge in [0.25, 0.3) is 0 Å². The van der Waals surface area contributed by atoms with Crippen molar-refractivity contribution in [2.75, 3.05) is 0 Å². The lowest BCUT2D eigenvalue weighted by Crippen LogP contribution is -2.10. The van der Waals surface area contributed by atoms with Crippen molar-refractivity contribution in [3.05, 3.63) is 63.2 Å². The molecule has 20 heavy (non-hydrogen) atoms. The number of rotatable bonds is 3. The van der Waals surface area contributed by atoms with Gasteiger partial charge in [-0.3, -0.25) is 4.79 Å². The van der Waals surface area contributed by atoms with E-state index in [1.54, 1.807) is 25.1 Å². The zero-order valence-electron chi connectivity index (χ0n) is 10.4. The second-order valence-corrected chi connectivity index (χ2v) is 5.21. The van der Waals surface area contributed by atoms with Gasteiger partial charge in [-0.2, -0.15) is 0 Å². The second-order valence-electron chi connectivity index (χ2n) is 3.94. The summed E-state index contributed by atoms with van der Waals surface area (Å²) in [6.07, 6.45) is 3.12. The molecule has 0 N–H and O–H groups in total. The van der Waals surface area contributed by atoms with Gasteiger partial charge in [-0.15, -0.1) is 0 Å². The average molecular weight is 305 g/mol. The minimum atomic E-state index is -0.279. The number of allylic oxidation sites excluding steroid dienone is 3. The highest BCUT2D eigenvalue weighted by Gasteiger charge is 2.16. The highest BCUT2D eigenvalue weighted by molar-refractivity contribution is 7.98. The Morgan fingerprint density at radius 3 is 2.60 bits per heavy atom. The van der Waals surface area contributed by atoms with E-state index in [1.807, 2.05) is 12.1 Å². The van der Waals surface area contributed by atoms with Crippen LogP contribution in [0.2, 0.25) is 5.02 Å². The smallest absolute Gasteiger partial charge is 0.191 e. The molecule has 0 aromatic heterocycles. The fraction of sp³-hybridized carbons (Fsp3) is 0.0769. The molecule has 0 radical (unpaired) electrons. The van der Waals surface area contributed by atoms with Crippen LogP contribution >= 0.6 is 23.5 Å². The predicted octanol–water partition coefficient (Wildman–Crippen LogP) is 4.51. The van der Waals surface area contributed by atoms with Crippen LogP contribution in [0.25, 0.3) is 10.4 Å². The molecule has 0 unspecified atom stereocenters. The molecule has 0 saturated carbocycles. The molecule has 2 rings (SSSR count). The highest BCUT2D eigenvalue weighted by atomic mass is 35.5. The summed E-state index contributed by atoms with van der Waals surface area (Å²) in [6.45, 7) is 1.66. The third-order valence-electron chi connectivity index (χ3n) is 2.46. The zero-order valence-corrected chi connectivity index (χ0v) is 12.0. The Kier molecular flexibility index (Phi) is 4.63. The molecule has 7 heteroatoms. The minimum Gasteiger partial charge on any atom is -0.289 e. The number of hydrogen-bond donors (Lipinski definition) is 0. The first kappa shape index (κ1) is 14.4. The molecular weight excluding hydrogens is 296 g/mol. The largest absolute Gasteiger partial charge is 0.289 e. The van der Waals surface area contributed by atoms with Gasteiger partial charge in [0, 0.05) is 26.8 Å². The minimum absolute atomic E-state index is 0.0583. The number of nitrogens with zero attached hydrogens (tertiary/aromatic N) is 4. The van der Waals surface area contributed by atoms with Crippen molar-refractivity contribution in [3.8, 4) is 0 Å². The van der Waals surface area contributed by atoms with Gasteiger partial charge in [0.1, 0.15) is 0 Å². The maximum absolute atomic E-state index is 11.7. The maximum Gasteiger partial charge on any atom is 0.191 e. The summed E-state index contributed by atoms with van der Waals surface area (Å²) in [5, 5.41) is 4.03. The Bertz CT molecular complexity index is 685. The summed E-state index contributed by atoms with van der Waals surface area (Å²) in [5.41, 5.74) is 9.55. The van der Waals surface area contributed by atoms with E-state index < -0.39 is 0 Å². The molecule has 0 bridgehead atoms. The summed E-state index contributed by atoms with van der Waals surface area (Å²) < 4.78 is 4.30. The summed E-state index contributed by atoms with van der Waals surface area (Å²) in [7, 11) is 0. The van der Waals surface area contributed by atoms with Crippen LogP contribution in [0.4, 0.5) is 0 Å². The summed E-state index contributed by atoms with van der Waals surface area (Å²) >= 11 is 7.05. The first-order chi connectivity index (χ1) is 9.60. The van der Waals surface area contributed by atoms with Crippen LogP contribution in [0.5, 0.6) is 0 Å². The quantitative estimate of drug-likeness (QED) is 0.271. The van der Waals surface area contributed by atoms with E-state index in [4.69, 9.17) is 17.1 Å². The summed E-state index contributed by atoms with van der Waals surface area (Å²) in [5.74, 6) is -0.279. The number of halogens is 1. The number of benzene rings is 1. The van der Waals surface area contributed by atoms with Crippen LogP contribution in [0.15, 0.2) is 62.1 Å². The van der Waals surface area contributed by atoms with Crippen LogP contribution in [0.3, 0.4) is 0 Å². The van der Waals surface area contributed by atoms with E-state index in [0.29, 0.717) is 16.3 Å². The first-order valence-electron chi connectivity index (χ1n) is 5.60. The molecule has 0 amide bonds. The Hall–Kier alpha value is -2.01. The standard InChI is InChI=1S/C13H9ClN4OS/c1-8-6-10(7-12(13(8)19)16-18-15)17-20-11-4-2-9(14)3-5-11/h2-7H,1H3. The molecular formula is C13H9ClN4OS. The van der Waals surface area contributed by atoms with Crippen molar-refractivity contribution in [2.24, 2.45) is 9.51 Å². The van der Waals surface area contributed by atoms with Crippen LogP contribution in [0.1, 0.15) is 6.92 Å². The molecule has 0 saturated heterocycles. The Labute approximate surface area is 124 Å². The molecule has 1 aromatic carbocycles. The second kappa shape index (κ2) is 6.43. The van der Waals surface area contributed by atoms with Gasteiger partial charge in [0.15, 0.2) is 5.78 Å². The van der Waals surface area contributed by atoms with Crippen molar-refractivity contribution < 1.29 is 4.79 Å². The summed E-state index contributed by atoms with van der Waals surface area (Å²) in [4.78, 5) is 15.3. The monoisotopic (exact) mass is 304 g/mol. The van der Waals surface area contributed by atoms with Crippen LogP contribution in [-0.2, 0) is 4.79 Å². The fourth-order valence-electron chi connectivity index (χ4n) is 1.51. The van der Waals surface area contributed by atoms with Gasteiger partial charge < -0.3 is 0 Å². The molecule has 5 nitrogen and oxygen atoms in total. The number of carbonyl (C=O) groups is 1. The van der Waals surface area contributed by atoms with E-state index in [2.05, 4.69) is 14.4 Å². The van der Waals surface area contributed by atoms with Crippen molar-refractivity contribution in [1.29, 1.82) is 0 Å². The number of carbonyl (C=O) groups excluding carboxylic acids is 1. The third kappa shape index (κ3) is 3.51. The lowest BCUT2D eigenvalue weighted by atomic mass is 10.0. The van der Waals surface area contributed by atoms with Gasteiger partial charge in [-0.05, 0) is 54.4 Å². The van der Waals surface area contributed by atoms with Crippen molar-refractivity contribution in [3.63, 3.8) is 0 Å². The predicted molar refractivity (Wildman–Crippen MR) is 80.7 cm³/mol. The highest BCUT2D eigenvalue weighted by Crippen LogP contribution is 2.23. The number of azide groups is 1. The van der Waals surface area contributed by atoms with Crippen LogP contribution < -0.4 is 0 Å². The molecule has 0 atom stereocenters. The third-order valence-corrected chi connectivity index (χ3v) is 3.50. The topological polar surface area (TPSA) is 78.2 Å². The molecule has 1 aliphatic carbocycles. The van der Waals surface area contributed by atoms with Gasteiger partial charge in [0.05, 0.1) is 11.4 Å². The van der Waals surface area contributed by atoms with Crippen molar-refractivity contribution in [2.45, 2.75) is 11.8 Å². The molecule has 0 spiro atoms. The zero-order chi connectivity index (χ0) is 14.5. The Morgan fingerprint density at radius 2 is 1.95 bits per heavy atom. The number of ketones is 1. The number of Topliss-reactive ketones (excluding diaryl/α,β-unsaturated/α-hetero) is 1. The van der Waals surface area contributed by atoms with E-state index in [-0.39, 0.29) is 11.5 Å². The van der Waals surface area contributed by atoms with Crippen molar-refractivity contribution >= 4 is 35.0 Å². The normalized spacial score (nSPS) is 16.5. The van der Waals surface area contributed by atoms with Crippen LogP contribution in [-0.4, -0.2) is 11.5 Å². The van der Waals surface area contributed by atoms with Crippen molar-refractivity contribution in [1.82, 2.24) is 0 Å². The Balaban J connectivity index is 2.23. The maximum atomic E-state index is 11.7. The van der Waals surface area contributed by atoms with Gasteiger partial charge in [-0.25, -0.2) is 4.40 Å². The SMILES string of the molecule is CC1=CC(=NSc2ccc(Cl)cc2)C=C(N=[N+]=[N-])C1=O. The molecule has 100 valence electrons. The van der Waals surface area contributed by atoms with Gasteiger partial charge in [-0.1, -0.05) is 16.7 Å². The molecule has 0 fully saturated rings. The molecule has 1 aromatic rings. The average Bonchev–Trinajstić information content (AvgIpc) is 2.44. The first-order valence-corrected chi connectivity index (χ1v) is 6.75. The lowest BCUT2D eigenvalue weighted by Gasteiger charge is -2.07. The fourth-order valence-corrected chi connectivity index (χ4v) is 2.21. The van der Waals surface area contributed by atoms with Crippen LogP contribution in [0, 0.1) is 0 Å². The molecule has 0 heterocycles. The van der Waals surface area contributed by atoms with E-state index in [1.165, 1.54) is 18.0 Å². The summed E-state index contributed by atoms with van der Waals surface area (Å²) in [6, 6.07) is 7.24. The van der Waals surface area contributed by atoms with E-state index >= 15 is 0 Å². The van der Waals surface area contributed by atoms with E-state index in [0.717, 1.165) is 4.90 Å². The molecule has 1 aliphatic rings. The molecule has 0 aliphatic heterocycles. The van der Waals surface area contributed by atoms with E-state index in [9.17, 15) is 4.79 Å². The Morgan fingerprint density at radius 1 is 1.25 bits per heavy atom. The van der Waals surface area contributed by atoms with Gasteiger partial charge in [0.2, 0.25) is 0 Å². The van der Waals surface area contributed by atoms with Gasteiger partial charge >= 0.3 is 0 Å².